The second-order valence-corrected chi connectivity index (χ2v) is 6.90. The van der Waals surface area contributed by atoms with Gasteiger partial charge in [0, 0.05) is 37.8 Å². The van der Waals surface area contributed by atoms with Gasteiger partial charge in [0.15, 0.2) is 0 Å². The molecule has 3 N–H and O–H groups in total. The molecule has 3 aromatic rings. The minimum absolute atomic E-state index is 0.381. The largest absolute Gasteiger partial charge is 0.494 e. The first-order chi connectivity index (χ1) is 14.1. The van der Waals surface area contributed by atoms with Gasteiger partial charge in [0.05, 0.1) is 6.61 Å². The summed E-state index contributed by atoms with van der Waals surface area (Å²) in [4.78, 5) is 21.1. The van der Waals surface area contributed by atoms with Gasteiger partial charge >= 0.3 is 0 Å². The van der Waals surface area contributed by atoms with Crippen molar-refractivity contribution in [1.82, 2.24) is 15.3 Å². The molecular formula is C23H26N4O2. The Kier molecular flexibility index (Phi) is 6.92. The minimum Gasteiger partial charge on any atom is -0.494 e. The van der Waals surface area contributed by atoms with Crippen LogP contribution in [-0.2, 0) is 23.3 Å². The van der Waals surface area contributed by atoms with E-state index in [1.807, 2.05) is 48.5 Å². The van der Waals surface area contributed by atoms with Gasteiger partial charge in [0.2, 0.25) is 5.91 Å². The van der Waals surface area contributed by atoms with E-state index in [0.29, 0.717) is 19.6 Å². The highest BCUT2D eigenvalue weighted by Crippen LogP contribution is 2.28. The first-order valence-corrected chi connectivity index (χ1v) is 9.70. The zero-order valence-electron chi connectivity index (χ0n) is 16.5. The van der Waals surface area contributed by atoms with E-state index in [9.17, 15) is 4.79 Å². The second kappa shape index (κ2) is 9.80. The van der Waals surface area contributed by atoms with E-state index < -0.39 is 11.4 Å². The Morgan fingerprint density at radius 2 is 1.69 bits per heavy atom. The molecule has 0 aliphatic heterocycles. The van der Waals surface area contributed by atoms with Crippen molar-refractivity contribution in [3.63, 3.8) is 0 Å². The summed E-state index contributed by atoms with van der Waals surface area (Å²) in [5.41, 5.74) is 7.53. The number of benzene rings is 1. The topological polar surface area (TPSA) is 90.1 Å². The third-order valence-electron chi connectivity index (χ3n) is 4.75. The molecule has 2 heterocycles. The fraction of sp³-hybridized carbons (Fsp3) is 0.261. The lowest BCUT2D eigenvalue weighted by atomic mass is 9.83. The minimum atomic E-state index is -1.10. The van der Waals surface area contributed by atoms with E-state index in [0.717, 1.165) is 28.9 Å². The van der Waals surface area contributed by atoms with Crippen LogP contribution in [0.4, 0.5) is 0 Å². The molecule has 0 saturated carbocycles. The Bertz CT molecular complexity index is 901. The number of aromatic nitrogens is 2. The number of nitrogens with one attached hydrogen (secondary N) is 1. The number of carbonyl (C=O) groups excluding carboxylic acids is 1. The number of pyridine rings is 2. The number of carbonyl (C=O) groups is 1. The van der Waals surface area contributed by atoms with Crippen LogP contribution in [0.2, 0.25) is 0 Å². The smallest absolute Gasteiger partial charge is 0.242 e. The number of nitrogens with two attached hydrogens (primary N) is 1. The summed E-state index contributed by atoms with van der Waals surface area (Å²) in [7, 11) is 0. The van der Waals surface area contributed by atoms with E-state index in [1.54, 1.807) is 24.8 Å². The van der Waals surface area contributed by atoms with Crippen molar-refractivity contribution in [2.45, 2.75) is 31.8 Å². The Balaban J connectivity index is 1.95. The maximum atomic E-state index is 12.8. The van der Waals surface area contributed by atoms with Crippen LogP contribution in [0.3, 0.4) is 0 Å². The fourth-order valence-electron chi connectivity index (χ4n) is 3.20. The molecule has 0 aliphatic carbocycles. The maximum absolute atomic E-state index is 12.8. The summed E-state index contributed by atoms with van der Waals surface area (Å²) in [6, 6.07) is 15.1. The molecule has 2 aromatic heterocycles. The lowest BCUT2D eigenvalue weighted by Crippen LogP contribution is -2.54. The summed E-state index contributed by atoms with van der Waals surface area (Å²) in [6.07, 6.45) is 8.26. The van der Waals surface area contributed by atoms with Crippen LogP contribution in [0.1, 0.15) is 30.0 Å². The van der Waals surface area contributed by atoms with Crippen LogP contribution in [0.25, 0.3) is 0 Å². The van der Waals surface area contributed by atoms with Gasteiger partial charge in [-0.2, -0.15) is 0 Å². The summed E-state index contributed by atoms with van der Waals surface area (Å²) >= 11 is 0. The van der Waals surface area contributed by atoms with Crippen molar-refractivity contribution in [2.75, 3.05) is 6.61 Å². The highest BCUT2D eigenvalue weighted by Gasteiger charge is 2.38. The molecular weight excluding hydrogens is 364 g/mol. The van der Waals surface area contributed by atoms with Crippen molar-refractivity contribution in [2.24, 2.45) is 5.73 Å². The molecule has 0 fully saturated rings. The van der Waals surface area contributed by atoms with Gasteiger partial charge in [-0.1, -0.05) is 31.2 Å². The lowest BCUT2D eigenvalue weighted by molar-refractivity contribution is -0.125. The van der Waals surface area contributed by atoms with E-state index in [2.05, 4.69) is 22.2 Å². The molecule has 6 nitrogen and oxygen atoms in total. The standard InChI is InChI=1S/C23H26N4O2/c1-2-13-29-21-9-7-20(8-10-21)23(22(24)28,14-18-5-3-11-25-15-18)27-17-19-6-4-12-26-16-19/h3-12,15-16,27H,2,13-14,17H2,1H3,(H2,24,28). The number of hydrogen-bond acceptors (Lipinski definition) is 5. The number of primary amides is 1. The lowest BCUT2D eigenvalue weighted by Gasteiger charge is -2.33. The van der Waals surface area contributed by atoms with Gasteiger partial charge in [-0.25, -0.2) is 0 Å². The quantitative estimate of drug-likeness (QED) is 0.555. The molecule has 6 heteroatoms. The third kappa shape index (κ3) is 5.18. The Labute approximate surface area is 171 Å². The van der Waals surface area contributed by atoms with Gasteiger partial charge < -0.3 is 10.5 Å². The van der Waals surface area contributed by atoms with Crippen LogP contribution < -0.4 is 15.8 Å². The van der Waals surface area contributed by atoms with Crippen LogP contribution >= 0.6 is 0 Å². The van der Waals surface area contributed by atoms with Crippen molar-refractivity contribution >= 4 is 5.91 Å². The van der Waals surface area contributed by atoms with E-state index in [4.69, 9.17) is 10.5 Å². The molecule has 0 aliphatic rings. The summed E-state index contributed by atoms with van der Waals surface area (Å²) in [5, 5.41) is 3.39. The van der Waals surface area contributed by atoms with Crippen LogP contribution in [-0.4, -0.2) is 22.5 Å². The molecule has 0 bridgehead atoms. The predicted octanol–water partition coefficient (Wildman–Crippen LogP) is 2.98. The number of amides is 1. The molecule has 0 radical (unpaired) electrons. The molecule has 29 heavy (non-hydrogen) atoms. The number of nitrogens with zero attached hydrogens (tertiary/aromatic N) is 2. The summed E-state index contributed by atoms with van der Waals surface area (Å²) < 4.78 is 5.68. The molecule has 150 valence electrons. The Morgan fingerprint density at radius 1 is 1.03 bits per heavy atom. The molecule has 1 amide bonds. The van der Waals surface area contributed by atoms with Gasteiger partial charge in [-0.05, 0) is 47.4 Å². The number of hydrogen-bond donors (Lipinski definition) is 2. The molecule has 1 atom stereocenters. The van der Waals surface area contributed by atoms with Crippen LogP contribution in [0.15, 0.2) is 73.3 Å². The maximum Gasteiger partial charge on any atom is 0.242 e. The highest BCUT2D eigenvalue weighted by molar-refractivity contribution is 5.86. The second-order valence-electron chi connectivity index (χ2n) is 6.90. The van der Waals surface area contributed by atoms with E-state index in [1.165, 1.54) is 0 Å². The van der Waals surface area contributed by atoms with Crippen molar-refractivity contribution in [1.29, 1.82) is 0 Å². The highest BCUT2D eigenvalue weighted by atomic mass is 16.5. The van der Waals surface area contributed by atoms with Crippen LogP contribution in [0, 0.1) is 0 Å². The normalized spacial score (nSPS) is 12.9. The molecule has 1 aromatic carbocycles. The first kappa shape index (κ1) is 20.5. The molecule has 3 rings (SSSR count). The van der Waals surface area contributed by atoms with Gasteiger partial charge in [-0.3, -0.25) is 20.1 Å². The third-order valence-corrected chi connectivity index (χ3v) is 4.75. The van der Waals surface area contributed by atoms with Crippen molar-refractivity contribution < 1.29 is 9.53 Å². The Morgan fingerprint density at radius 3 is 2.24 bits per heavy atom. The first-order valence-electron chi connectivity index (χ1n) is 9.70. The van der Waals surface area contributed by atoms with Gasteiger partial charge in [0.1, 0.15) is 11.3 Å². The van der Waals surface area contributed by atoms with Crippen LogP contribution in [0.5, 0.6) is 5.75 Å². The van der Waals surface area contributed by atoms with E-state index >= 15 is 0 Å². The molecule has 0 spiro atoms. The zero-order chi connectivity index (χ0) is 20.5. The van der Waals surface area contributed by atoms with Gasteiger partial charge in [0.25, 0.3) is 0 Å². The van der Waals surface area contributed by atoms with Crippen molar-refractivity contribution in [3.05, 3.63) is 90.0 Å². The predicted molar refractivity (Wildman–Crippen MR) is 112 cm³/mol. The summed E-state index contributed by atoms with van der Waals surface area (Å²) in [5.74, 6) is 0.315. The number of rotatable bonds is 10. The monoisotopic (exact) mass is 390 g/mol. The number of ether oxygens (including phenoxy) is 1. The Hall–Kier alpha value is -3.25. The van der Waals surface area contributed by atoms with Crippen molar-refractivity contribution in [3.8, 4) is 5.75 Å². The zero-order valence-corrected chi connectivity index (χ0v) is 16.5. The fourth-order valence-corrected chi connectivity index (χ4v) is 3.20. The SMILES string of the molecule is CCCOc1ccc(C(Cc2cccnc2)(NCc2cccnc2)C(N)=O)cc1. The average Bonchev–Trinajstić information content (AvgIpc) is 2.77. The van der Waals surface area contributed by atoms with Gasteiger partial charge in [-0.15, -0.1) is 0 Å². The average molecular weight is 390 g/mol. The molecule has 1 unspecified atom stereocenters. The van der Waals surface area contributed by atoms with E-state index in [-0.39, 0.29) is 0 Å². The summed E-state index contributed by atoms with van der Waals surface area (Å²) in [6.45, 7) is 3.16. The molecule has 0 saturated heterocycles.